The lowest BCUT2D eigenvalue weighted by Gasteiger charge is -2.49. The minimum Gasteiger partial charge on any atom is -0.478 e. The Morgan fingerprint density at radius 3 is 2.58 bits per heavy atom. The van der Waals surface area contributed by atoms with Crippen molar-refractivity contribution in [1.29, 1.82) is 0 Å². The number of hydrogen-bond donors (Lipinski definition) is 3. The first kappa shape index (κ1) is 15.7. The number of aliphatic hydroxyl groups excluding tert-OH is 1. The highest BCUT2D eigenvalue weighted by Crippen LogP contribution is 2.47. The second kappa shape index (κ2) is 5.31. The minimum absolute atomic E-state index is 0.518. The number of rotatable bonds is 3. The highest BCUT2D eigenvalue weighted by Gasteiger charge is 2.50. The largest absolute Gasteiger partial charge is 0.478 e. The van der Waals surface area contributed by atoms with Crippen LogP contribution in [0.15, 0.2) is 36.0 Å². The maximum absolute atomic E-state index is 10.8. The highest BCUT2D eigenvalue weighted by molar-refractivity contribution is 5.81. The van der Waals surface area contributed by atoms with Crippen LogP contribution in [0.1, 0.15) is 33.6 Å². The summed E-state index contributed by atoms with van der Waals surface area (Å²) in [6.45, 7) is 9.09. The summed E-state index contributed by atoms with van der Waals surface area (Å²) in [6, 6.07) is 0. The van der Waals surface area contributed by atoms with Crippen LogP contribution in [-0.4, -0.2) is 33.0 Å². The lowest BCUT2D eigenvalue weighted by molar-refractivity contribution is -0.131. The number of carbonyl (C=O) groups is 1. The zero-order chi connectivity index (χ0) is 14.8. The fraction of sp³-hybridized carbons (Fsp3) is 0.533. The van der Waals surface area contributed by atoms with Crippen LogP contribution in [-0.2, 0) is 4.79 Å². The molecule has 0 aliphatic heterocycles. The first-order valence-corrected chi connectivity index (χ1v) is 6.30. The number of aliphatic carboxylic acids is 1. The molecule has 1 saturated carbocycles. The van der Waals surface area contributed by atoms with Crippen molar-refractivity contribution in [3.63, 3.8) is 0 Å². The second-order valence-corrected chi connectivity index (χ2v) is 5.71. The predicted molar refractivity (Wildman–Crippen MR) is 73.6 cm³/mol. The van der Waals surface area contributed by atoms with E-state index in [1.54, 1.807) is 26.8 Å². The van der Waals surface area contributed by atoms with Gasteiger partial charge < -0.3 is 15.3 Å². The van der Waals surface area contributed by atoms with Crippen molar-refractivity contribution in [2.45, 2.75) is 45.3 Å². The molecule has 0 aromatic carbocycles. The second-order valence-electron chi connectivity index (χ2n) is 5.71. The molecular formula is C15H22O4. The van der Waals surface area contributed by atoms with Crippen LogP contribution in [0.25, 0.3) is 0 Å². The Morgan fingerprint density at radius 1 is 1.47 bits per heavy atom. The van der Waals surface area contributed by atoms with Crippen molar-refractivity contribution in [3.05, 3.63) is 36.0 Å². The van der Waals surface area contributed by atoms with Crippen LogP contribution in [0.3, 0.4) is 0 Å². The van der Waals surface area contributed by atoms with Crippen LogP contribution in [0, 0.1) is 5.41 Å². The molecule has 1 aliphatic carbocycles. The molecule has 2 atom stereocenters. The van der Waals surface area contributed by atoms with Gasteiger partial charge in [-0.05, 0) is 37.0 Å². The molecule has 19 heavy (non-hydrogen) atoms. The molecule has 0 spiro atoms. The summed E-state index contributed by atoms with van der Waals surface area (Å²) in [5.41, 5.74) is -0.938. The summed E-state index contributed by atoms with van der Waals surface area (Å²) in [5, 5.41) is 29.5. The molecule has 0 aromatic heterocycles. The Labute approximate surface area is 113 Å². The summed E-state index contributed by atoms with van der Waals surface area (Å²) in [7, 11) is 0. The Kier molecular flexibility index (Phi) is 4.38. The van der Waals surface area contributed by atoms with E-state index in [1.165, 1.54) is 6.08 Å². The number of carboxylic acids is 1. The van der Waals surface area contributed by atoms with E-state index in [0.29, 0.717) is 24.0 Å². The number of hydrogen-bond acceptors (Lipinski definition) is 3. The van der Waals surface area contributed by atoms with E-state index < -0.39 is 23.1 Å². The Morgan fingerprint density at radius 2 is 2.05 bits per heavy atom. The molecule has 1 fully saturated rings. The monoisotopic (exact) mass is 266 g/mol. The molecule has 0 saturated heterocycles. The van der Waals surface area contributed by atoms with Crippen molar-refractivity contribution >= 4 is 5.97 Å². The molecule has 4 heteroatoms. The van der Waals surface area contributed by atoms with Crippen molar-refractivity contribution in [1.82, 2.24) is 0 Å². The average molecular weight is 266 g/mol. The maximum Gasteiger partial charge on any atom is 0.328 e. The maximum atomic E-state index is 10.8. The molecule has 1 rings (SSSR count). The summed E-state index contributed by atoms with van der Waals surface area (Å²) in [5.74, 6) is -1.03. The van der Waals surface area contributed by atoms with E-state index in [4.69, 9.17) is 5.11 Å². The van der Waals surface area contributed by atoms with Crippen LogP contribution in [0.4, 0.5) is 0 Å². The lowest BCUT2D eigenvalue weighted by atomic mass is 9.61. The summed E-state index contributed by atoms with van der Waals surface area (Å²) >= 11 is 0. The molecule has 2 unspecified atom stereocenters. The van der Waals surface area contributed by atoms with Crippen LogP contribution in [0.5, 0.6) is 0 Å². The molecular weight excluding hydrogens is 244 g/mol. The number of aliphatic hydroxyl groups is 2. The smallest absolute Gasteiger partial charge is 0.328 e. The number of allylic oxidation sites excluding steroid dienone is 2. The third kappa shape index (κ3) is 2.96. The van der Waals surface area contributed by atoms with Crippen molar-refractivity contribution < 1.29 is 20.1 Å². The van der Waals surface area contributed by atoms with Gasteiger partial charge in [0.05, 0.1) is 6.10 Å². The van der Waals surface area contributed by atoms with Gasteiger partial charge in [-0.2, -0.15) is 0 Å². The summed E-state index contributed by atoms with van der Waals surface area (Å²) < 4.78 is 0. The van der Waals surface area contributed by atoms with Gasteiger partial charge in [-0.25, -0.2) is 4.79 Å². The zero-order valence-electron chi connectivity index (χ0n) is 11.7. The summed E-state index contributed by atoms with van der Waals surface area (Å²) in [4.78, 5) is 10.6. The van der Waals surface area contributed by atoms with E-state index in [2.05, 4.69) is 6.58 Å². The first-order chi connectivity index (χ1) is 8.61. The van der Waals surface area contributed by atoms with E-state index >= 15 is 0 Å². The van der Waals surface area contributed by atoms with Gasteiger partial charge in [0.25, 0.3) is 0 Å². The average Bonchev–Trinajstić information content (AvgIpc) is 2.29. The van der Waals surface area contributed by atoms with Gasteiger partial charge in [-0.3, -0.25) is 0 Å². The van der Waals surface area contributed by atoms with E-state index in [9.17, 15) is 15.0 Å². The van der Waals surface area contributed by atoms with Gasteiger partial charge in [0.15, 0.2) is 0 Å². The third-order valence-corrected chi connectivity index (χ3v) is 4.01. The Hall–Kier alpha value is -1.39. The van der Waals surface area contributed by atoms with E-state index in [-0.39, 0.29) is 0 Å². The molecule has 0 heterocycles. The standard InChI is InChI=1S/C15H22O4/c1-10(9-13(17)18)7-8-15(19)11(2)5-6-12(16)14(15,3)4/h7-9,12,16,19H,2,5-6H2,1,3-4H3,(H,17,18). The molecule has 106 valence electrons. The van der Waals surface area contributed by atoms with E-state index in [1.807, 2.05) is 0 Å². The SMILES string of the molecule is C=C1CCC(O)C(C)(C)C1(O)C=CC(C)=CC(=O)O. The normalized spacial score (nSPS) is 31.7. The molecule has 4 nitrogen and oxygen atoms in total. The molecule has 0 aromatic rings. The van der Waals surface area contributed by atoms with Gasteiger partial charge in [0.2, 0.25) is 0 Å². The summed E-state index contributed by atoms with van der Waals surface area (Å²) in [6.07, 6.45) is 4.65. The van der Waals surface area contributed by atoms with Crippen LogP contribution < -0.4 is 0 Å². The zero-order valence-corrected chi connectivity index (χ0v) is 11.7. The lowest BCUT2D eigenvalue weighted by Crippen LogP contribution is -2.54. The van der Waals surface area contributed by atoms with Crippen molar-refractivity contribution in [3.8, 4) is 0 Å². The van der Waals surface area contributed by atoms with Gasteiger partial charge in [0, 0.05) is 11.5 Å². The predicted octanol–water partition coefficient (Wildman–Crippen LogP) is 2.04. The van der Waals surface area contributed by atoms with Gasteiger partial charge >= 0.3 is 5.97 Å². The molecule has 1 aliphatic rings. The quantitative estimate of drug-likeness (QED) is 0.415. The Balaban J connectivity index is 3.10. The fourth-order valence-electron chi connectivity index (χ4n) is 2.40. The van der Waals surface area contributed by atoms with Crippen molar-refractivity contribution in [2.24, 2.45) is 5.41 Å². The van der Waals surface area contributed by atoms with Crippen LogP contribution >= 0.6 is 0 Å². The topological polar surface area (TPSA) is 77.8 Å². The first-order valence-electron chi connectivity index (χ1n) is 6.30. The molecule has 0 amide bonds. The minimum atomic E-state index is -1.34. The third-order valence-electron chi connectivity index (χ3n) is 4.01. The van der Waals surface area contributed by atoms with E-state index in [0.717, 1.165) is 6.08 Å². The highest BCUT2D eigenvalue weighted by atomic mass is 16.4. The fourth-order valence-corrected chi connectivity index (χ4v) is 2.40. The van der Waals surface area contributed by atoms with Crippen LogP contribution in [0.2, 0.25) is 0 Å². The molecule has 0 bridgehead atoms. The Bertz CT molecular complexity index is 445. The molecule has 0 radical (unpaired) electrons. The van der Waals surface area contributed by atoms with Gasteiger partial charge in [0.1, 0.15) is 5.60 Å². The van der Waals surface area contributed by atoms with Gasteiger partial charge in [-0.1, -0.05) is 26.5 Å². The molecule has 3 N–H and O–H groups in total. The van der Waals surface area contributed by atoms with Gasteiger partial charge in [-0.15, -0.1) is 0 Å². The number of carboxylic acid groups (broad SMARTS) is 1. The van der Waals surface area contributed by atoms with Crippen molar-refractivity contribution in [2.75, 3.05) is 0 Å².